The van der Waals surface area contributed by atoms with E-state index in [2.05, 4.69) is 40.2 Å². The highest BCUT2D eigenvalue weighted by Gasteiger charge is 2.20. The molecule has 0 aliphatic heterocycles. The normalized spacial score (nSPS) is 18.5. The number of hydrogen-bond donors (Lipinski definition) is 0. The fraction of sp³-hybridized carbons (Fsp3) is 0.538. The third-order valence-corrected chi connectivity index (χ3v) is 3.99. The van der Waals surface area contributed by atoms with Crippen LogP contribution < -0.4 is 0 Å². The molecule has 1 aromatic carbocycles. The molecule has 0 radical (unpaired) electrons. The summed E-state index contributed by atoms with van der Waals surface area (Å²) in [4.78, 5) is 0. The van der Waals surface area contributed by atoms with Crippen molar-refractivity contribution in [1.29, 1.82) is 0 Å². The molecule has 1 fully saturated rings. The van der Waals surface area contributed by atoms with Crippen LogP contribution in [-0.4, -0.2) is 5.38 Å². The van der Waals surface area contributed by atoms with E-state index >= 15 is 0 Å². The summed E-state index contributed by atoms with van der Waals surface area (Å²) in [6.45, 7) is 0. The van der Waals surface area contributed by atoms with Gasteiger partial charge in [-0.05, 0) is 36.5 Å². The minimum atomic E-state index is 0.310. The van der Waals surface area contributed by atoms with E-state index in [9.17, 15) is 0 Å². The van der Waals surface area contributed by atoms with Crippen molar-refractivity contribution in [1.82, 2.24) is 0 Å². The van der Waals surface area contributed by atoms with E-state index in [1.165, 1.54) is 31.2 Å². The SMILES string of the molecule is ClC(Cc1cccc(Br)c1)CC1CCC1. The molecular weight excluding hydrogens is 272 g/mol. The molecule has 82 valence electrons. The van der Waals surface area contributed by atoms with Crippen LogP contribution in [0.4, 0.5) is 0 Å². The van der Waals surface area contributed by atoms with Gasteiger partial charge in [-0.1, -0.05) is 47.3 Å². The second-order valence-electron chi connectivity index (χ2n) is 4.46. The van der Waals surface area contributed by atoms with Crippen molar-refractivity contribution in [2.75, 3.05) is 0 Å². The van der Waals surface area contributed by atoms with E-state index in [0.29, 0.717) is 5.38 Å². The molecule has 0 aromatic heterocycles. The fourth-order valence-electron chi connectivity index (χ4n) is 2.09. The Morgan fingerprint density at radius 3 is 2.80 bits per heavy atom. The summed E-state index contributed by atoms with van der Waals surface area (Å²) in [5.41, 5.74) is 1.34. The summed E-state index contributed by atoms with van der Waals surface area (Å²) in [7, 11) is 0. The summed E-state index contributed by atoms with van der Waals surface area (Å²) in [6.07, 6.45) is 6.38. The van der Waals surface area contributed by atoms with Crippen LogP contribution in [0.3, 0.4) is 0 Å². The molecule has 1 aliphatic carbocycles. The fourth-order valence-corrected chi connectivity index (χ4v) is 2.97. The van der Waals surface area contributed by atoms with Crippen LogP contribution in [0.15, 0.2) is 28.7 Å². The maximum atomic E-state index is 6.36. The van der Waals surface area contributed by atoms with Crippen molar-refractivity contribution in [2.24, 2.45) is 5.92 Å². The molecular formula is C13H16BrCl. The minimum absolute atomic E-state index is 0.310. The van der Waals surface area contributed by atoms with Gasteiger partial charge in [-0.2, -0.15) is 0 Å². The monoisotopic (exact) mass is 286 g/mol. The Balaban J connectivity index is 1.84. The summed E-state index contributed by atoms with van der Waals surface area (Å²) in [6, 6.07) is 8.45. The van der Waals surface area contributed by atoms with Gasteiger partial charge in [0, 0.05) is 9.85 Å². The Labute approximate surface area is 105 Å². The van der Waals surface area contributed by atoms with Gasteiger partial charge >= 0.3 is 0 Å². The van der Waals surface area contributed by atoms with Gasteiger partial charge in [-0.15, -0.1) is 11.6 Å². The second kappa shape index (κ2) is 5.36. The molecule has 0 nitrogen and oxygen atoms in total. The zero-order valence-electron chi connectivity index (χ0n) is 8.76. The number of rotatable bonds is 4. The molecule has 0 bridgehead atoms. The van der Waals surface area contributed by atoms with Crippen molar-refractivity contribution in [2.45, 2.75) is 37.5 Å². The second-order valence-corrected chi connectivity index (χ2v) is 6.00. The van der Waals surface area contributed by atoms with Gasteiger partial charge in [0.15, 0.2) is 0 Å². The van der Waals surface area contributed by atoms with Gasteiger partial charge < -0.3 is 0 Å². The maximum absolute atomic E-state index is 6.36. The predicted octanol–water partition coefficient (Wildman–Crippen LogP) is 4.79. The molecule has 2 rings (SSSR count). The van der Waals surface area contributed by atoms with Crippen LogP contribution in [0.2, 0.25) is 0 Å². The molecule has 2 heteroatoms. The third-order valence-electron chi connectivity index (χ3n) is 3.16. The number of alkyl halides is 1. The van der Waals surface area contributed by atoms with E-state index in [1.807, 2.05) is 0 Å². The Morgan fingerprint density at radius 2 is 2.20 bits per heavy atom. The Morgan fingerprint density at radius 1 is 1.40 bits per heavy atom. The zero-order chi connectivity index (χ0) is 10.7. The lowest BCUT2D eigenvalue weighted by Gasteiger charge is -2.27. The van der Waals surface area contributed by atoms with Crippen molar-refractivity contribution < 1.29 is 0 Å². The highest BCUT2D eigenvalue weighted by molar-refractivity contribution is 9.10. The largest absolute Gasteiger partial charge is 0.123 e. The van der Waals surface area contributed by atoms with Crippen molar-refractivity contribution in [3.05, 3.63) is 34.3 Å². The van der Waals surface area contributed by atoms with E-state index in [-0.39, 0.29) is 0 Å². The van der Waals surface area contributed by atoms with E-state index in [4.69, 9.17) is 11.6 Å². The first kappa shape index (κ1) is 11.5. The van der Waals surface area contributed by atoms with Gasteiger partial charge in [-0.25, -0.2) is 0 Å². The molecule has 0 amide bonds. The van der Waals surface area contributed by atoms with Crippen LogP contribution >= 0.6 is 27.5 Å². The van der Waals surface area contributed by atoms with Gasteiger partial charge in [0.2, 0.25) is 0 Å². The zero-order valence-corrected chi connectivity index (χ0v) is 11.1. The van der Waals surface area contributed by atoms with Crippen LogP contribution in [0.5, 0.6) is 0 Å². The average molecular weight is 288 g/mol. The highest BCUT2D eigenvalue weighted by atomic mass is 79.9. The maximum Gasteiger partial charge on any atom is 0.0379 e. The van der Waals surface area contributed by atoms with E-state index in [0.717, 1.165) is 16.8 Å². The Bertz CT molecular complexity index is 320. The number of hydrogen-bond acceptors (Lipinski definition) is 0. The number of benzene rings is 1. The molecule has 0 heterocycles. The smallest absolute Gasteiger partial charge is 0.0379 e. The quantitative estimate of drug-likeness (QED) is 0.699. The summed E-state index contributed by atoms with van der Waals surface area (Å²) >= 11 is 9.84. The lowest BCUT2D eigenvalue weighted by molar-refractivity contribution is 0.292. The topological polar surface area (TPSA) is 0 Å². The standard InChI is InChI=1S/C13H16BrCl/c14-12-6-2-5-11(7-12)9-13(15)8-10-3-1-4-10/h2,5-7,10,13H,1,3-4,8-9H2. The van der Waals surface area contributed by atoms with Crippen LogP contribution in [0.1, 0.15) is 31.2 Å². The summed E-state index contributed by atoms with van der Waals surface area (Å²) < 4.78 is 1.15. The molecule has 1 aromatic rings. The Kier molecular flexibility index (Phi) is 4.10. The van der Waals surface area contributed by atoms with Crippen LogP contribution in [0, 0.1) is 5.92 Å². The van der Waals surface area contributed by atoms with Gasteiger partial charge in [0.1, 0.15) is 0 Å². The molecule has 1 saturated carbocycles. The van der Waals surface area contributed by atoms with Crippen LogP contribution in [-0.2, 0) is 6.42 Å². The molecule has 0 saturated heterocycles. The minimum Gasteiger partial charge on any atom is -0.123 e. The average Bonchev–Trinajstić information content (AvgIpc) is 2.11. The van der Waals surface area contributed by atoms with Crippen molar-refractivity contribution in [3.63, 3.8) is 0 Å². The molecule has 0 spiro atoms. The lowest BCUT2D eigenvalue weighted by Crippen LogP contribution is -2.17. The van der Waals surface area contributed by atoms with E-state index < -0.39 is 0 Å². The van der Waals surface area contributed by atoms with Crippen molar-refractivity contribution in [3.8, 4) is 0 Å². The molecule has 1 unspecified atom stereocenters. The van der Waals surface area contributed by atoms with Gasteiger partial charge in [-0.3, -0.25) is 0 Å². The third kappa shape index (κ3) is 3.49. The number of halogens is 2. The molecule has 0 N–H and O–H groups in total. The molecule has 15 heavy (non-hydrogen) atoms. The summed E-state index contributed by atoms with van der Waals surface area (Å²) in [5, 5.41) is 0.310. The first-order chi connectivity index (χ1) is 7.24. The Hall–Kier alpha value is -0.0100. The highest BCUT2D eigenvalue weighted by Crippen LogP contribution is 2.32. The van der Waals surface area contributed by atoms with E-state index in [1.54, 1.807) is 0 Å². The first-order valence-corrected chi connectivity index (χ1v) is 6.85. The van der Waals surface area contributed by atoms with Gasteiger partial charge in [0.25, 0.3) is 0 Å². The summed E-state index contributed by atoms with van der Waals surface area (Å²) in [5.74, 6) is 0.902. The lowest BCUT2D eigenvalue weighted by atomic mass is 9.81. The predicted molar refractivity (Wildman–Crippen MR) is 69.4 cm³/mol. The van der Waals surface area contributed by atoms with Crippen molar-refractivity contribution >= 4 is 27.5 Å². The van der Waals surface area contributed by atoms with Gasteiger partial charge in [0.05, 0.1) is 0 Å². The first-order valence-electron chi connectivity index (χ1n) is 5.62. The molecule has 1 aliphatic rings. The van der Waals surface area contributed by atoms with Crippen LogP contribution in [0.25, 0.3) is 0 Å². The molecule has 1 atom stereocenters.